The van der Waals surface area contributed by atoms with Crippen LogP contribution in [-0.2, 0) is 0 Å². The van der Waals surface area contributed by atoms with Crippen LogP contribution in [0.4, 0.5) is 0 Å². The number of rotatable bonds is 0. The van der Waals surface area contributed by atoms with Gasteiger partial charge in [0.2, 0.25) is 5.96 Å². The molecule has 15 heavy (non-hydrogen) atoms. The molecule has 1 aliphatic rings. The third-order valence-corrected chi connectivity index (χ3v) is 1.46. The third kappa shape index (κ3) is 7.25. The van der Waals surface area contributed by atoms with Crippen molar-refractivity contribution in [3.63, 3.8) is 0 Å². The van der Waals surface area contributed by atoms with E-state index in [9.17, 15) is 0 Å². The smallest absolute Gasteiger partial charge is 0.217 e. The summed E-state index contributed by atoms with van der Waals surface area (Å²) in [6.07, 6.45) is 9.33. The number of hydrogen-bond acceptors (Lipinski definition) is 2. The van der Waals surface area contributed by atoms with E-state index in [2.05, 4.69) is 27.2 Å². The molecule has 0 saturated carbocycles. The Hall–Kier alpha value is -1.84. The monoisotopic (exact) mass is 206 g/mol. The number of aliphatic imine (C=N–C) groups is 2. The Bertz CT molecular complexity index is 295. The zero-order valence-corrected chi connectivity index (χ0v) is 9.49. The standard InChI is InChI=1S/C6H7N.C5H11N3/c1-6-4-2-3-5-7-6;1-4-8-5(6-2)7-3/h2-5,7H,1H2;4H,1-3H3,(H,6,7). The van der Waals surface area contributed by atoms with Gasteiger partial charge < -0.3 is 10.6 Å². The van der Waals surface area contributed by atoms with Crippen LogP contribution in [0.25, 0.3) is 0 Å². The highest BCUT2D eigenvalue weighted by Gasteiger charge is 1.82. The molecule has 0 spiro atoms. The molecule has 0 aromatic carbocycles. The van der Waals surface area contributed by atoms with Gasteiger partial charge in [0.15, 0.2) is 0 Å². The molecule has 2 N–H and O–H groups in total. The first-order valence-corrected chi connectivity index (χ1v) is 4.66. The first-order chi connectivity index (χ1) is 7.24. The Kier molecular flexibility index (Phi) is 7.67. The Morgan fingerprint density at radius 2 is 2.27 bits per heavy atom. The Morgan fingerprint density at radius 1 is 1.53 bits per heavy atom. The summed E-state index contributed by atoms with van der Waals surface area (Å²) in [6, 6.07) is 0. The minimum absolute atomic E-state index is 0.660. The maximum Gasteiger partial charge on any atom is 0.217 e. The van der Waals surface area contributed by atoms with Gasteiger partial charge in [-0.2, -0.15) is 0 Å². The summed E-state index contributed by atoms with van der Waals surface area (Å²) in [6.45, 7) is 5.51. The predicted octanol–water partition coefficient (Wildman–Crippen LogP) is 1.46. The van der Waals surface area contributed by atoms with Crippen molar-refractivity contribution in [1.29, 1.82) is 0 Å². The highest BCUT2D eigenvalue weighted by atomic mass is 15.1. The molecule has 0 fully saturated rings. The summed E-state index contributed by atoms with van der Waals surface area (Å²) < 4.78 is 0. The first-order valence-electron chi connectivity index (χ1n) is 4.66. The Labute approximate surface area is 91.2 Å². The molecular formula is C11H18N4. The molecule has 82 valence electrons. The van der Waals surface area contributed by atoms with Gasteiger partial charge in [-0.15, -0.1) is 0 Å². The van der Waals surface area contributed by atoms with E-state index >= 15 is 0 Å². The van der Waals surface area contributed by atoms with E-state index in [0.29, 0.717) is 5.96 Å². The van der Waals surface area contributed by atoms with E-state index in [1.807, 2.05) is 31.4 Å². The van der Waals surface area contributed by atoms with E-state index in [1.54, 1.807) is 20.3 Å². The summed E-state index contributed by atoms with van der Waals surface area (Å²) in [4.78, 5) is 7.68. The minimum Gasteiger partial charge on any atom is -0.362 e. The van der Waals surface area contributed by atoms with E-state index in [-0.39, 0.29) is 0 Å². The highest BCUT2D eigenvalue weighted by molar-refractivity contribution is 5.86. The lowest BCUT2D eigenvalue weighted by Crippen LogP contribution is -2.14. The van der Waals surface area contributed by atoms with Crippen molar-refractivity contribution in [1.82, 2.24) is 10.6 Å². The molecule has 0 amide bonds. The second-order valence-electron chi connectivity index (χ2n) is 2.57. The van der Waals surface area contributed by atoms with Gasteiger partial charge >= 0.3 is 0 Å². The molecule has 4 nitrogen and oxygen atoms in total. The van der Waals surface area contributed by atoms with Gasteiger partial charge in [0.25, 0.3) is 0 Å². The van der Waals surface area contributed by atoms with Crippen molar-refractivity contribution < 1.29 is 0 Å². The normalized spacial score (nSPS) is 14.6. The van der Waals surface area contributed by atoms with Crippen LogP contribution in [0.2, 0.25) is 0 Å². The van der Waals surface area contributed by atoms with Crippen molar-refractivity contribution in [2.45, 2.75) is 6.92 Å². The molecule has 1 aliphatic heterocycles. The fraction of sp³-hybridized carbons (Fsp3) is 0.273. The average molecular weight is 206 g/mol. The van der Waals surface area contributed by atoms with Gasteiger partial charge in [-0.1, -0.05) is 12.7 Å². The summed E-state index contributed by atoms with van der Waals surface area (Å²) in [5, 5.41) is 5.72. The number of nitrogens with zero attached hydrogens (tertiary/aromatic N) is 2. The molecule has 1 heterocycles. The van der Waals surface area contributed by atoms with Crippen LogP contribution >= 0.6 is 0 Å². The zero-order valence-electron chi connectivity index (χ0n) is 9.49. The number of guanidine groups is 1. The second-order valence-corrected chi connectivity index (χ2v) is 2.57. The molecule has 1 rings (SSSR count). The maximum atomic E-state index is 3.88. The molecule has 0 atom stereocenters. The summed E-state index contributed by atoms with van der Waals surface area (Å²) in [5.41, 5.74) is 0.947. The highest BCUT2D eigenvalue weighted by Crippen LogP contribution is 1.92. The van der Waals surface area contributed by atoms with Crippen molar-refractivity contribution in [2.75, 3.05) is 14.1 Å². The van der Waals surface area contributed by atoms with E-state index in [0.717, 1.165) is 5.70 Å². The van der Waals surface area contributed by atoms with Crippen molar-refractivity contribution in [2.24, 2.45) is 9.98 Å². The molecule has 0 bridgehead atoms. The van der Waals surface area contributed by atoms with Crippen molar-refractivity contribution in [3.05, 3.63) is 36.7 Å². The summed E-state index contributed by atoms with van der Waals surface area (Å²) in [5.74, 6) is 0.660. The fourth-order valence-corrected chi connectivity index (χ4v) is 0.787. The van der Waals surface area contributed by atoms with Crippen LogP contribution in [-0.4, -0.2) is 26.3 Å². The molecule has 0 saturated heterocycles. The van der Waals surface area contributed by atoms with Gasteiger partial charge in [0, 0.05) is 32.2 Å². The van der Waals surface area contributed by atoms with Crippen LogP contribution in [0, 0.1) is 0 Å². The van der Waals surface area contributed by atoms with Gasteiger partial charge in [0.1, 0.15) is 0 Å². The van der Waals surface area contributed by atoms with Gasteiger partial charge in [-0.05, 0) is 19.1 Å². The minimum atomic E-state index is 0.660. The number of nitrogens with one attached hydrogen (secondary N) is 2. The Morgan fingerprint density at radius 3 is 2.47 bits per heavy atom. The van der Waals surface area contributed by atoms with Crippen LogP contribution < -0.4 is 10.6 Å². The van der Waals surface area contributed by atoms with Crippen LogP contribution in [0.15, 0.2) is 46.7 Å². The molecule has 0 radical (unpaired) electrons. The average Bonchev–Trinajstić information content (AvgIpc) is 2.28. The topological polar surface area (TPSA) is 48.8 Å². The third-order valence-electron chi connectivity index (χ3n) is 1.46. The fourth-order valence-electron chi connectivity index (χ4n) is 0.787. The molecule has 4 heteroatoms. The molecule has 0 aromatic rings. The lowest BCUT2D eigenvalue weighted by molar-refractivity contribution is 1.11. The Balaban J connectivity index is 0.000000262. The first kappa shape index (κ1) is 13.2. The van der Waals surface area contributed by atoms with Crippen molar-refractivity contribution >= 4 is 12.2 Å². The molecular weight excluding hydrogens is 188 g/mol. The van der Waals surface area contributed by atoms with E-state index in [4.69, 9.17) is 0 Å². The van der Waals surface area contributed by atoms with E-state index < -0.39 is 0 Å². The number of dihydropyridines is 1. The van der Waals surface area contributed by atoms with Crippen LogP contribution in [0.1, 0.15) is 6.92 Å². The van der Waals surface area contributed by atoms with Crippen LogP contribution in [0.3, 0.4) is 0 Å². The van der Waals surface area contributed by atoms with Gasteiger partial charge in [-0.25, -0.2) is 4.99 Å². The maximum absolute atomic E-state index is 3.88. The largest absolute Gasteiger partial charge is 0.362 e. The lowest BCUT2D eigenvalue weighted by atomic mass is 10.3. The molecule has 0 aliphatic carbocycles. The lowest BCUT2D eigenvalue weighted by Gasteiger charge is -1.99. The zero-order chi connectivity index (χ0) is 11.5. The second kappa shape index (κ2) is 8.74. The SMILES string of the molecule is C=C1C=CC=CN1.CC=NC(=NC)NC. The van der Waals surface area contributed by atoms with Gasteiger partial charge in [0.05, 0.1) is 0 Å². The quantitative estimate of drug-likeness (QED) is 0.465. The molecule has 0 unspecified atom stereocenters. The molecule has 0 aromatic heterocycles. The van der Waals surface area contributed by atoms with E-state index in [1.165, 1.54) is 0 Å². The predicted molar refractivity (Wildman–Crippen MR) is 67.1 cm³/mol. The van der Waals surface area contributed by atoms with Crippen LogP contribution in [0.5, 0.6) is 0 Å². The van der Waals surface area contributed by atoms with Crippen molar-refractivity contribution in [3.8, 4) is 0 Å². The summed E-state index contributed by atoms with van der Waals surface area (Å²) >= 11 is 0. The summed E-state index contributed by atoms with van der Waals surface area (Å²) in [7, 11) is 3.48. The number of allylic oxidation sites excluding steroid dienone is 3. The van der Waals surface area contributed by atoms with Gasteiger partial charge in [-0.3, -0.25) is 4.99 Å². The number of hydrogen-bond donors (Lipinski definition) is 2.